The van der Waals surface area contributed by atoms with Crippen molar-refractivity contribution in [1.82, 2.24) is 15.2 Å². The van der Waals surface area contributed by atoms with Gasteiger partial charge in [0.25, 0.3) is 5.91 Å². The maximum atomic E-state index is 12.2. The first-order chi connectivity index (χ1) is 11.0. The summed E-state index contributed by atoms with van der Waals surface area (Å²) in [7, 11) is 0. The second kappa shape index (κ2) is 6.70. The first kappa shape index (κ1) is 16.0. The first-order valence-corrected chi connectivity index (χ1v) is 8.01. The third-order valence-corrected chi connectivity index (χ3v) is 4.02. The van der Waals surface area contributed by atoms with Gasteiger partial charge in [-0.1, -0.05) is 23.2 Å². The van der Waals surface area contributed by atoms with Crippen LogP contribution >= 0.6 is 39.1 Å². The minimum absolute atomic E-state index is 0.302. The lowest BCUT2D eigenvalue weighted by Crippen LogP contribution is -2.13. The van der Waals surface area contributed by atoms with Gasteiger partial charge in [-0.25, -0.2) is 4.98 Å². The van der Waals surface area contributed by atoms with Crippen LogP contribution in [0.25, 0.3) is 11.3 Å². The summed E-state index contributed by atoms with van der Waals surface area (Å²) in [6.07, 6.45) is 1.60. The number of anilines is 1. The zero-order chi connectivity index (χ0) is 16.4. The average Bonchev–Trinajstić information content (AvgIpc) is 2.99. The molecule has 23 heavy (non-hydrogen) atoms. The van der Waals surface area contributed by atoms with Gasteiger partial charge < -0.3 is 5.32 Å². The predicted molar refractivity (Wildman–Crippen MR) is 93.9 cm³/mol. The summed E-state index contributed by atoms with van der Waals surface area (Å²) < 4.78 is 0.830. The number of pyridine rings is 1. The molecule has 1 amide bonds. The highest BCUT2D eigenvalue weighted by Gasteiger charge is 2.13. The summed E-state index contributed by atoms with van der Waals surface area (Å²) in [5, 5.41) is 10.5. The van der Waals surface area contributed by atoms with Crippen molar-refractivity contribution in [3.63, 3.8) is 0 Å². The molecule has 0 radical (unpaired) electrons. The molecular weight excluding hydrogens is 403 g/mol. The molecule has 116 valence electrons. The Morgan fingerprint density at radius 3 is 2.70 bits per heavy atom. The van der Waals surface area contributed by atoms with Crippen molar-refractivity contribution < 1.29 is 4.79 Å². The number of carbonyl (C=O) groups is 1. The molecule has 8 heteroatoms. The Kier molecular flexibility index (Phi) is 4.66. The number of nitrogens with zero attached hydrogens (tertiary/aromatic N) is 2. The third-order valence-electron chi connectivity index (χ3n) is 3.00. The highest BCUT2D eigenvalue weighted by Crippen LogP contribution is 2.29. The van der Waals surface area contributed by atoms with Crippen LogP contribution in [0.2, 0.25) is 10.0 Å². The van der Waals surface area contributed by atoms with Gasteiger partial charge in [0.2, 0.25) is 0 Å². The number of halogens is 3. The fraction of sp³-hybridized carbons (Fsp3) is 0. The molecule has 0 aliphatic rings. The van der Waals surface area contributed by atoms with Crippen LogP contribution in [0.5, 0.6) is 0 Å². The van der Waals surface area contributed by atoms with Gasteiger partial charge in [-0.05, 0) is 52.3 Å². The molecule has 0 atom stereocenters. The van der Waals surface area contributed by atoms with Crippen molar-refractivity contribution >= 4 is 50.9 Å². The van der Waals surface area contributed by atoms with E-state index in [1.807, 2.05) is 0 Å². The van der Waals surface area contributed by atoms with Gasteiger partial charge in [-0.15, -0.1) is 0 Å². The molecule has 5 nitrogen and oxygen atoms in total. The Morgan fingerprint density at radius 2 is 2.00 bits per heavy atom. The van der Waals surface area contributed by atoms with E-state index in [1.165, 1.54) is 0 Å². The highest BCUT2D eigenvalue weighted by molar-refractivity contribution is 9.10. The molecule has 0 aliphatic carbocycles. The van der Waals surface area contributed by atoms with E-state index in [4.69, 9.17) is 23.2 Å². The summed E-state index contributed by atoms with van der Waals surface area (Å²) in [5.41, 5.74) is 1.55. The van der Waals surface area contributed by atoms with Gasteiger partial charge in [-0.2, -0.15) is 5.10 Å². The van der Waals surface area contributed by atoms with E-state index in [0.29, 0.717) is 32.8 Å². The quantitative estimate of drug-likeness (QED) is 0.650. The number of aromatic amines is 1. The van der Waals surface area contributed by atoms with E-state index in [2.05, 4.69) is 36.4 Å². The number of nitrogens with one attached hydrogen (secondary N) is 2. The van der Waals surface area contributed by atoms with Crippen LogP contribution in [0, 0.1) is 0 Å². The lowest BCUT2D eigenvalue weighted by atomic mass is 10.1. The zero-order valence-electron chi connectivity index (χ0n) is 11.5. The molecule has 2 N–H and O–H groups in total. The molecule has 0 unspecified atom stereocenters. The minimum atomic E-state index is -0.344. The van der Waals surface area contributed by atoms with Gasteiger partial charge in [0, 0.05) is 21.3 Å². The number of hydrogen-bond acceptors (Lipinski definition) is 3. The van der Waals surface area contributed by atoms with Crippen LogP contribution in [0.4, 0.5) is 5.82 Å². The molecular formula is C15H9BrCl2N4O. The first-order valence-electron chi connectivity index (χ1n) is 6.46. The molecule has 0 saturated heterocycles. The molecule has 1 aromatic carbocycles. The second-order valence-corrected chi connectivity index (χ2v) is 6.37. The molecule has 0 saturated carbocycles. The van der Waals surface area contributed by atoms with Crippen LogP contribution in [-0.2, 0) is 0 Å². The highest BCUT2D eigenvalue weighted by atomic mass is 79.9. The molecule has 0 fully saturated rings. The van der Waals surface area contributed by atoms with Gasteiger partial charge in [0.15, 0.2) is 0 Å². The molecule has 2 aromatic heterocycles. The van der Waals surface area contributed by atoms with Crippen molar-refractivity contribution in [2.75, 3.05) is 5.32 Å². The third kappa shape index (κ3) is 3.72. The normalized spacial score (nSPS) is 10.6. The Bertz CT molecular complexity index is 864. The number of carbonyl (C=O) groups excluding carboxylic acids is 1. The molecule has 2 heterocycles. The maximum Gasteiger partial charge on any atom is 0.274 e. The summed E-state index contributed by atoms with van der Waals surface area (Å²) in [6, 6.07) is 10.2. The van der Waals surface area contributed by atoms with E-state index in [9.17, 15) is 4.79 Å². The molecule has 0 aliphatic heterocycles. The van der Waals surface area contributed by atoms with Crippen molar-refractivity contribution in [3.8, 4) is 11.3 Å². The Morgan fingerprint density at radius 1 is 1.17 bits per heavy atom. The number of rotatable bonds is 3. The van der Waals surface area contributed by atoms with Crippen molar-refractivity contribution in [2.24, 2.45) is 0 Å². The Labute approximate surface area is 150 Å². The summed E-state index contributed by atoms with van der Waals surface area (Å²) in [4.78, 5) is 16.3. The maximum absolute atomic E-state index is 12.2. The monoisotopic (exact) mass is 410 g/mol. The van der Waals surface area contributed by atoms with Crippen LogP contribution < -0.4 is 5.32 Å². The fourth-order valence-corrected chi connectivity index (χ4v) is 2.65. The van der Waals surface area contributed by atoms with E-state index < -0.39 is 0 Å². The number of H-pyrrole nitrogens is 1. The second-order valence-electron chi connectivity index (χ2n) is 4.61. The average molecular weight is 412 g/mol. The van der Waals surface area contributed by atoms with Crippen molar-refractivity contribution in [1.29, 1.82) is 0 Å². The number of benzene rings is 1. The lowest BCUT2D eigenvalue weighted by molar-refractivity contribution is 0.102. The Hall–Kier alpha value is -1.89. The number of amides is 1. The largest absolute Gasteiger partial charge is 0.305 e. The van der Waals surface area contributed by atoms with Crippen molar-refractivity contribution in [3.05, 3.63) is 62.8 Å². The van der Waals surface area contributed by atoms with Gasteiger partial charge in [-0.3, -0.25) is 9.89 Å². The number of hydrogen-bond donors (Lipinski definition) is 2. The summed E-state index contributed by atoms with van der Waals surface area (Å²) >= 11 is 15.3. The van der Waals surface area contributed by atoms with Gasteiger partial charge >= 0.3 is 0 Å². The van der Waals surface area contributed by atoms with E-state index in [0.717, 1.165) is 4.47 Å². The number of aromatic nitrogens is 3. The SMILES string of the molecule is O=C(Nc1ccc(Br)cn1)c1cc(-c2ccc(Cl)cc2Cl)n[nH]1. The molecule has 3 aromatic rings. The van der Waals surface area contributed by atoms with Gasteiger partial charge in [0.05, 0.1) is 10.7 Å². The van der Waals surface area contributed by atoms with E-state index >= 15 is 0 Å². The van der Waals surface area contributed by atoms with Crippen LogP contribution in [-0.4, -0.2) is 21.1 Å². The van der Waals surface area contributed by atoms with Crippen molar-refractivity contribution in [2.45, 2.75) is 0 Å². The smallest absolute Gasteiger partial charge is 0.274 e. The van der Waals surface area contributed by atoms with Crippen LogP contribution in [0.15, 0.2) is 47.1 Å². The van der Waals surface area contributed by atoms with Crippen LogP contribution in [0.1, 0.15) is 10.5 Å². The zero-order valence-corrected chi connectivity index (χ0v) is 14.6. The molecule has 0 spiro atoms. The minimum Gasteiger partial charge on any atom is -0.305 e. The lowest BCUT2D eigenvalue weighted by Gasteiger charge is -2.02. The standard InChI is InChI=1S/C15H9BrCl2N4O/c16-8-1-4-14(19-7-8)20-15(23)13-6-12(21-22-13)10-3-2-9(17)5-11(10)18/h1-7H,(H,21,22)(H,19,20,23). The van der Waals surface area contributed by atoms with E-state index in [-0.39, 0.29) is 5.91 Å². The predicted octanol–water partition coefficient (Wildman–Crippen LogP) is 4.79. The van der Waals surface area contributed by atoms with Crippen LogP contribution in [0.3, 0.4) is 0 Å². The Balaban J connectivity index is 1.81. The van der Waals surface area contributed by atoms with Gasteiger partial charge in [0.1, 0.15) is 11.5 Å². The van der Waals surface area contributed by atoms with E-state index in [1.54, 1.807) is 42.6 Å². The molecule has 0 bridgehead atoms. The fourth-order valence-electron chi connectivity index (χ4n) is 1.91. The summed E-state index contributed by atoms with van der Waals surface area (Å²) in [6.45, 7) is 0. The topological polar surface area (TPSA) is 70.7 Å². The molecule has 3 rings (SSSR count). The summed E-state index contributed by atoms with van der Waals surface area (Å²) in [5.74, 6) is 0.0996.